The zero-order valence-corrected chi connectivity index (χ0v) is 10.7. The van der Waals surface area contributed by atoms with Crippen molar-refractivity contribution >= 4 is 21.7 Å². The number of carbonyl (C=O) groups is 1. The van der Waals surface area contributed by atoms with Gasteiger partial charge in [-0.25, -0.2) is 8.42 Å². The molecule has 0 heterocycles. The van der Waals surface area contributed by atoms with Gasteiger partial charge in [0.1, 0.15) is 5.75 Å². The van der Waals surface area contributed by atoms with E-state index in [0.29, 0.717) is 0 Å². The number of anilines is 1. The van der Waals surface area contributed by atoms with Crippen LogP contribution in [0.2, 0.25) is 0 Å². The lowest BCUT2D eigenvalue weighted by Crippen LogP contribution is -2.19. The van der Waals surface area contributed by atoms with Crippen LogP contribution in [0.1, 0.15) is 13.3 Å². The molecular formula is C11H15NO5S. The molecule has 100 valence electrons. The highest BCUT2D eigenvalue weighted by Gasteiger charge is 2.14. The molecule has 1 aromatic rings. The summed E-state index contributed by atoms with van der Waals surface area (Å²) in [6.45, 7) is 1.87. The Morgan fingerprint density at radius 3 is 2.78 bits per heavy atom. The Bertz CT molecular complexity index is 512. The van der Waals surface area contributed by atoms with Crippen LogP contribution in [0.15, 0.2) is 24.3 Å². The van der Waals surface area contributed by atoms with Crippen molar-refractivity contribution in [2.75, 3.05) is 17.1 Å². The van der Waals surface area contributed by atoms with E-state index in [1.165, 1.54) is 24.3 Å². The largest absolute Gasteiger partial charge is 0.508 e. The number of aromatic hydroxyl groups is 1. The fourth-order valence-electron chi connectivity index (χ4n) is 1.25. The van der Waals surface area contributed by atoms with E-state index in [2.05, 4.69) is 9.46 Å². The molecule has 0 aromatic heterocycles. The van der Waals surface area contributed by atoms with Gasteiger partial charge in [0, 0.05) is 6.07 Å². The first-order valence-corrected chi connectivity index (χ1v) is 7.03. The van der Waals surface area contributed by atoms with Crippen LogP contribution in [0, 0.1) is 0 Å². The molecule has 0 atom stereocenters. The van der Waals surface area contributed by atoms with Gasteiger partial charge in [0.05, 0.1) is 24.5 Å². The third kappa shape index (κ3) is 5.05. The molecule has 1 rings (SSSR count). The predicted octanol–water partition coefficient (Wildman–Crippen LogP) is 1.09. The van der Waals surface area contributed by atoms with Gasteiger partial charge in [0.2, 0.25) is 10.0 Å². The minimum atomic E-state index is -3.63. The number of rotatable bonds is 6. The molecule has 0 bridgehead atoms. The van der Waals surface area contributed by atoms with Gasteiger partial charge in [-0.15, -0.1) is 0 Å². The fourth-order valence-corrected chi connectivity index (χ4v) is 2.27. The molecule has 18 heavy (non-hydrogen) atoms. The lowest BCUT2D eigenvalue weighted by atomic mass is 10.3. The zero-order chi connectivity index (χ0) is 13.6. The normalized spacial score (nSPS) is 10.9. The minimum Gasteiger partial charge on any atom is -0.508 e. The Labute approximate surface area is 106 Å². The molecule has 0 aliphatic heterocycles. The molecule has 0 aliphatic carbocycles. The first-order valence-electron chi connectivity index (χ1n) is 5.38. The van der Waals surface area contributed by atoms with Crippen molar-refractivity contribution < 1.29 is 23.1 Å². The first-order chi connectivity index (χ1) is 8.43. The number of phenols is 1. The molecule has 6 nitrogen and oxygen atoms in total. The van der Waals surface area contributed by atoms with Gasteiger partial charge in [0.15, 0.2) is 0 Å². The van der Waals surface area contributed by atoms with Crippen molar-refractivity contribution in [3.63, 3.8) is 0 Å². The Hall–Kier alpha value is -1.76. The number of nitrogens with one attached hydrogen (secondary N) is 1. The summed E-state index contributed by atoms with van der Waals surface area (Å²) in [4.78, 5) is 11.0. The standard InChI is InChI=1S/C11H15NO5S/c1-2-17-11(14)6-7-18(15,16)12-9-4-3-5-10(13)8-9/h3-5,8,12-13H,2,6-7H2,1H3. The van der Waals surface area contributed by atoms with Crippen LogP contribution in [-0.2, 0) is 19.6 Å². The van der Waals surface area contributed by atoms with Crippen molar-refractivity contribution in [3.8, 4) is 5.75 Å². The summed E-state index contributed by atoms with van der Waals surface area (Å²) in [6.07, 6.45) is -0.206. The van der Waals surface area contributed by atoms with E-state index in [4.69, 9.17) is 0 Å². The smallest absolute Gasteiger partial charge is 0.306 e. The third-order valence-electron chi connectivity index (χ3n) is 2.00. The van der Waals surface area contributed by atoms with Crippen molar-refractivity contribution in [3.05, 3.63) is 24.3 Å². The molecule has 7 heteroatoms. The highest BCUT2D eigenvalue weighted by Crippen LogP contribution is 2.16. The summed E-state index contributed by atoms with van der Waals surface area (Å²) in [5.74, 6) is -0.957. The zero-order valence-electron chi connectivity index (χ0n) is 9.92. The molecule has 0 saturated heterocycles. The number of carbonyl (C=O) groups excluding carboxylic acids is 1. The minimum absolute atomic E-state index is 0.0411. The third-order valence-corrected chi connectivity index (χ3v) is 3.29. The summed E-state index contributed by atoms with van der Waals surface area (Å²) in [7, 11) is -3.63. The van der Waals surface area contributed by atoms with Crippen molar-refractivity contribution in [2.45, 2.75) is 13.3 Å². The molecule has 1 aromatic carbocycles. The van der Waals surface area contributed by atoms with Crippen LogP contribution >= 0.6 is 0 Å². The maximum absolute atomic E-state index is 11.6. The second kappa shape index (κ2) is 6.25. The fraction of sp³-hybridized carbons (Fsp3) is 0.364. The van der Waals surface area contributed by atoms with E-state index in [0.717, 1.165) is 0 Å². The number of benzene rings is 1. The van der Waals surface area contributed by atoms with E-state index in [9.17, 15) is 18.3 Å². The van der Waals surface area contributed by atoms with Crippen molar-refractivity contribution in [2.24, 2.45) is 0 Å². The summed E-state index contributed by atoms with van der Waals surface area (Å²) in [5.41, 5.74) is 0.249. The van der Waals surface area contributed by atoms with Crippen LogP contribution in [-0.4, -0.2) is 31.9 Å². The van der Waals surface area contributed by atoms with Gasteiger partial charge in [-0.3, -0.25) is 9.52 Å². The van der Waals surface area contributed by atoms with E-state index in [1.807, 2.05) is 0 Å². The maximum Gasteiger partial charge on any atom is 0.306 e. The van der Waals surface area contributed by atoms with E-state index >= 15 is 0 Å². The number of sulfonamides is 1. The molecule has 0 saturated carbocycles. The molecule has 0 spiro atoms. The first kappa shape index (κ1) is 14.3. The van der Waals surface area contributed by atoms with E-state index < -0.39 is 16.0 Å². The van der Waals surface area contributed by atoms with Gasteiger partial charge in [-0.1, -0.05) is 6.07 Å². The predicted molar refractivity (Wildman–Crippen MR) is 66.8 cm³/mol. The van der Waals surface area contributed by atoms with Gasteiger partial charge >= 0.3 is 5.97 Å². The summed E-state index contributed by atoms with van der Waals surface area (Å²) < 4.78 is 30.1. The van der Waals surface area contributed by atoms with Gasteiger partial charge in [-0.05, 0) is 19.1 Å². The molecule has 0 fully saturated rings. The van der Waals surface area contributed by atoms with E-state index in [-0.39, 0.29) is 30.2 Å². The number of hydrogen-bond donors (Lipinski definition) is 2. The van der Waals surface area contributed by atoms with Crippen molar-refractivity contribution in [1.29, 1.82) is 0 Å². The van der Waals surface area contributed by atoms with Crippen molar-refractivity contribution in [1.82, 2.24) is 0 Å². The number of phenolic OH excluding ortho intramolecular Hbond substituents is 1. The maximum atomic E-state index is 11.6. The number of hydrogen-bond acceptors (Lipinski definition) is 5. The Morgan fingerprint density at radius 2 is 2.17 bits per heavy atom. The number of esters is 1. The van der Waals surface area contributed by atoms with Gasteiger partial charge in [-0.2, -0.15) is 0 Å². The topological polar surface area (TPSA) is 92.7 Å². The van der Waals surface area contributed by atoms with Crippen LogP contribution in [0.5, 0.6) is 5.75 Å². The van der Waals surface area contributed by atoms with Crippen LogP contribution in [0.4, 0.5) is 5.69 Å². The second-order valence-electron chi connectivity index (χ2n) is 3.53. The van der Waals surface area contributed by atoms with Crippen LogP contribution < -0.4 is 4.72 Å². The molecular weight excluding hydrogens is 258 g/mol. The van der Waals surface area contributed by atoms with Gasteiger partial charge < -0.3 is 9.84 Å². The average molecular weight is 273 g/mol. The quantitative estimate of drug-likeness (QED) is 0.757. The molecule has 0 aliphatic rings. The molecule has 0 amide bonds. The average Bonchev–Trinajstić information content (AvgIpc) is 2.26. The number of ether oxygens (including phenoxy) is 1. The summed E-state index contributed by atoms with van der Waals surface area (Å²) in [6, 6.07) is 5.72. The highest BCUT2D eigenvalue weighted by molar-refractivity contribution is 7.92. The Balaban J connectivity index is 2.57. The second-order valence-corrected chi connectivity index (χ2v) is 5.37. The molecule has 2 N–H and O–H groups in total. The van der Waals surface area contributed by atoms with Crippen LogP contribution in [0.3, 0.4) is 0 Å². The lowest BCUT2D eigenvalue weighted by molar-refractivity contribution is -0.142. The van der Waals surface area contributed by atoms with Crippen LogP contribution in [0.25, 0.3) is 0 Å². The Morgan fingerprint density at radius 1 is 1.44 bits per heavy atom. The Kier molecular flexibility index (Phi) is 4.96. The summed E-state index contributed by atoms with van der Waals surface area (Å²) >= 11 is 0. The molecule has 0 radical (unpaired) electrons. The van der Waals surface area contributed by atoms with Gasteiger partial charge in [0.25, 0.3) is 0 Å². The SMILES string of the molecule is CCOC(=O)CCS(=O)(=O)Nc1cccc(O)c1. The van der Waals surface area contributed by atoms with E-state index in [1.54, 1.807) is 6.92 Å². The summed E-state index contributed by atoms with van der Waals surface area (Å²) in [5, 5.41) is 9.19. The lowest BCUT2D eigenvalue weighted by Gasteiger charge is -2.07. The molecule has 0 unspecified atom stereocenters. The monoisotopic (exact) mass is 273 g/mol. The highest BCUT2D eigenvalue weighted by atomic mass is 32.2.